The Morgan fingerprint density at radius 2 is 1.96 bits per heavy atom. The summed E-state index contributed by atoms with van der Waals surface area (Å²) in [7, 11) is 0. The monoisotopic (exact) mass is 366 g/mol. The summed E-state index contributed by atoms with van der Waals surface area (Å²) in [4.78, 5) is 13.1. The van der Waals surface area contributed by atoms with Crippen molar-refractivity contribution in [2.45, 2.75) is 59.2 Å². The molecule has 2 aromatic rings. The largest absolute Gasteiger partial charge is 0.377 e. The Bertz CT molecular complexity index is 853. The molecular weight excluding hydrogens is 336 g/mol. The number of carbonyl (C=O) groups excluding carboxylic acids is 1. The summed E-state index contributed by atoms with van der Waals surface area (Å²) in [5, 5.41) is 3.32. The van der Waals surface area contributed by atoms with Gasteiger partial charge in [-0.25, -0.2) is 0 Å². The van der Waals surface area contributed by atoms with Gasteiger partial charge in [-0.2, -0.15) is 0 Å². The Hall–Kier alpha value is -2.07. The van der Waals surface area contributed by atoms with Gasteiger partial charge in [0.2, 0.25) is 0 Å². The third-order valence-corrected chi connectivity index (χ3v) is 6.79. The molecule has 4 nitrogen and oxygen atoms in total. The number of fused-ring (bicyclic) bond motifs is 1. The highest BCUT2D eigenvalue weighted by Crippen LogP contribution is 2.52. The molecule has 1 aromatic carbocycles. The van der Waals surface area contributed by atoms with Crippen LogP contribution in [0.2, 0.25) is 0 Å². The van der Waals surface area contributed by atoms with Crippen molar-refractivity contribution in [1.82, 2.24) is 9.88 Å². The second kappa shape index (κ2) is 6.52. The first-order chi connectivity index (χ1) is 12.8. The number of carbonyl (C=O) groups is 1. The van der Waals surface area contributed by atoms with Crippen LogP contribution in [0.15, 0.2) is 36.4 Å². The molecule has 0 radical (unpaired) electrons. The number of nitrogens with zero attached hydrogens (tertiary/aromatic N) is 1. The summed E-state index contributed by atoms with van der Waals surface area (Å²) in [6.45, 7) is 11.5. The summed E-state index contributed by atoms with van der Waals surface area (Å²) < 4.78 is 8.12. The fraction of sp³-hybridized carbons (Fsp3) is 0.522. The molecule has 144 valence electrons. The molecular formula is C23H30N2O2. The van der Waals surface area contributed by atoms with Gasteiger partial charge in [-0.05, 0) is 38.8 Å². The zero-order valence-electron chi connectivity index (χ0n) is 17.0. The van der Waals surface area contributed by atoms with Gasteiger partial charge in [-0.3, -0.25) is 4.79 Å². The highest BCUT2D eigenvalue weighted by Gasteiger charge is 2.59. The van der Waals surface area contributed by atoms with Gasteiger partial charge in [-0.15, -0.1) is 0 Å². The van der Waals surface area contributed by atoms with Crippen molar-refractivity contribution < 1.29 is 9.53 Å². The smallest absolute Gasteiger partial charge is 0.253 e. The molecule has 1 saturated heterocycles. The lowest BCUT2D eigenvalue weighted by Crippen LogP contribution is -2.66. The number of benzene rings is 1. The summed E-state index contributed by atoms with van der Waals surface area (Å²) in [5.74, 6) is 0.494. The van der Waals surface area contributed by atoms with E-state index in [1.807, 2.05) is 12.1 Å². The lowest BCUT2D eigenvalue weighted by atomic mass is 9.57. The molecule has 0 bridgehead atoms. The molecule has 1 aliphatic carbocycles. The van der Waals surface area contributed by atoms with E-state index in [0.717, 1.165) is 30.0 Å². The quantitative estimate of drug-likeness (QED) is 0.879. The zero-order chi connectivity index (χ0) is 19.3. The highest BCUT2D eigenvalue weighted by atomic mass is 16.5. The second-order valence-electron chi connectivity index (χ2n) is 8.76. The minimum absolute atomic E-state index is 0.000325. The summed E-state index contributed by atoms with van der Waals surface area (Å²) >= 11 is 0. The Kier molecular flexibility index (Phi) is 4.42. The molecule has 27 heavy (non-hydrogen) atoms. The Balaban J connectivity index is 1.57. The molecule has 1 aromatic heterocycles. The number of nitrogens with one attached hydrogen (secondary N) is 1. The van der Waals surface area contributed by atoms with Gasteiger partial charge >= 0.3 is 0 Å². The maximum Gasteiger partial charge on any atom is 0.253 e. The predicted octanol–water partition coefficient (Wildman–Crippen LogP) is 4.26. The fourth-order valence-corrected chi connectivity index (χ4v) is 5.32. The van der Waals surface area contributed by atoms with Crippen molar-refractivity contribution in [3.05, 3.63) is 58.9 Å². The second-order valence-corrected chi connectivity index (χ2v) is 8.76. The standard InChI is InChI=1S/C23H30N2O2/c1-14-13-19(16(3)25(14)15(2)17-9-7-6-8-10-17)22(26)24-20-18-11-12-27-21(18)23(20,4)5/h6-10,13,15,18,20-21H,11-12H2,1-5H3,(H,24,26)/t15-,18-,20+,21-/m0/s1. The van der Waals surface area contributed by atoms with Crippen LogP contribution in [-0.4, -0.2) is 29.2 Å². The van der Waals surface area contributed by atoms with E-state index in [2.05, 4.69) is 68.8 Å². The Morgan fingerprint density at radius 1 is 1.26 bits per heavy atom. The van der Waals surface area contributed by atoms with Crippen LogP contribution in [0.25, 0.3) is 0 Å². The van der Waals surface area contributed by atoms with Gasteiger partial charge < -0.3 is 14.6 Å². The fourth-order valence-electron chi connectivity index (χ4n) is 5.32. The molecule has 2 heterocycles. The molecule has 1 saturated carbocycles. The van der Waals surface area contributed by atoms with Crippen LogP contribution >= 0.6 is 0 Å². The number of rotatable bonds is 4. The molecule has 2 aliphatic rings. The van der Waals surface area contributed by atoms with Crippen LogP contribution in [0, 0.1) is 25.2 Å². The van der Waals surface area contributed by atoms with Crippen molar-refractivity contribution in [2.24, 2.45) is 11.3 Å². The van der Waals surface area contributed by atoms with E-state index in [9.17, 15) is 4.79 Å². The van der Waals surface area contributed by atoms with Gasteiger partial charge in [0.05, 0.1) is 17.7 Å². The van der Waals surface area contributed by atoms with Crippen molar-refractivity contribution in [3.63, 3.8) is 0 Å². The van der Waals surface area contributed by atoms with Crippen LogP contribution in [0.1, 0.15) is 60.5 Å². The number of aryl methyl sites for hydroxylation is 1. The lowest BCUT2D eigenvalue weighted by Gasteiger charge is -2.54. The average Bonchev–Trinajstić information content (AvgIpc) is 3.23. The molecule has 1 N–H and O–H groups in total. The highest BCUT2D eigenvalue weighted by molar-refractivity contribution is 5.96. The molecule has 0 spiro atoms. The van der Waals surface area contributed by atoms with Gasteiger partial charge in [0.15, 0.2) is 0 Å². The lowest BCUT2D eigenvalue weighted by molar-refractivity contribution is -0.108. The number of amides is 1. The summed E-state index contributed by atoms with van der Waals surface area (Å²) in [6, 6.07) is 12.8. The Morgan fingerprint density at radius 3 is 2.67 bits per heavy atom. The van der Waals surface area contributed by atoms with E-state index in [1.165, 1.54) is 5.56 Å². The summed E-state index contributed by atoms with van der Waals surface area (Å²) in [5.41, 5.74) is 4.17. The number of ether oxygens (including phenoxy) is 1. The Labute approximate surface area is 161 Å². The van der Waals surface area contributed by atoms with E-state index >= 15 is 0 Å². The first-order valence-corrected chi connectivity index (χ1v) is 9.98. The first-order valence-electron chi connectivity index (χ1n) is 9.98. The zero-order valence-corrected chi connectivity index (χ0v) is 17.0. The van der Waals surface area contributed by atoms with Gasteiger partial charge in [0.25, 0.3) is 5.91 Å². The molecule has 2 fully saturated rings. The van der Waals surface area contributed by atoms with Crippen LogP contribution in [0.4, 0.5) is 0 Å². The molecule has 0 unspecified atom stereocenters. The van der Waals surface area contributed by atoms with Crippen LogP contribution in [-0.2, 0) is 4.74 Å². The van der Waals surface area contributed by atoms with Crippen molar-refractivity contribution >= 4 is 5.91 Å². The third-order valence-electron chi connectivity index (χ3n) is 6.79. The van der Waals surface area contributed by atoms with Crippen molar-refractivity contribution in [1.29, 1.82) is 0 Å². The SMILES string of the molecule is Cc1cc(C(=O)N[C@@H]2[C@@H]3CCO[C@@H]3C2(C)C)c(C)n1[C@@H](C)c1ccccc1. The number of hydrogen-bond donors (Lipinski definition) is 1. The summed E-state index contributed by atoms with van der Waals surface area (Å²) in [6.07, 6.45) is 1.33. The van der Waals surface area contributed by atoms with E-state index in [0.29, 0.717) is 5.92 Å². The van der Waals surface area contributed by atoms with Gasteiger partial charge in [-0.1, -0.05) is 44.2 Å². The molecule has 4 atom stereocenters. The topological polar surface area (TPSA) is 43.3 Å². The maximum atomic E-state index is 13.1. The van der Waals surface area contributed by atoms with E-state index < -0.39 is 0 Å². The van der Waals surface area contributed by atoms with E-state index in [-0.39, 0.29) is 29.5 Å². The predicted molar refractivity (Wildman–Crippen MR) is 107 cm³/mol. The molecule has 1 amide bonds. The maximum absolute atomic E-state index is 13.1. The average molecular weight is 367 g/mol. The number of hydrogen-bond acceptors (Lipinski definition) is 2. The van der Waals surface area contributed by atoms with E-state index in [1.54, 1.807) is 0 Å². The van der Waals surface area contributed by atoms with Gasteiger partial charge in [0.1, 0.15) is 0 Å². The molecule has 4 heteroatoms. The van der Waals surface area contributed by atoms with Crippen LogP contribution < -0.4 is 5.32 Å². The molecule has 4 rings (SSSR count). The normalized spacial score (nSPS) is 26.9. The van der Waals surface area contributed by atoms with Crippen LogP contribution in [0.3, 0.4) is 0 Å². The third kappa shape index (κ3) is 2.82. The van der Waals surface area contributed by atoms with Crippen LogP contribution in [0.5, 0.6) is 0 Å². The van der Waals surface area contributed by atoms with E-state index in [4.69, 9.17) is 4.74 Å². The van der Waals surface area contributed by atoms with Crippen molar-refractivity contribution in [2.75, 3.05) is 6.61 Å². The van der Waals surface area contributed by atoms with Crippen molar-refractivity contribution in [3.8, 4) is 0 Å². The number of aromatic nitrogens is 1. The first kappa shape index (κ1) is 18.3. The minimum Gasteiger partial charge on any atom is -0.377 e. The minimum atomic E-state index is -0.000325. The van der Waals surface area contributed by atoms with Gasteiger partial charge in [0, 0.05) is 35.4 Å². The molecule has 1 aliphatic heterocycles.